The zero-order valence-electron chi connectivity index (χ0n) is 21.6. The summed E-state index contributed by atoms with van der Waals surface area (Å²) in [6.45, 7) is 5.21. The summed E-state index contributed by atoms with van der Waals surface area (Å²) in [6.07, 6.45) is 4.40. The third-order valence-corrected chi connectivity index (χ3v) is 6.42. The molecule has 0 unspecified atom stereocenters. The molecule has 0 spiro atoms. The number of fused-ring (bicyclic) bond motifs is 2. The molecule has 2 amide bonds. The van der Waals surface area contributed by atoms with E-state index < -0.39 is 23.8 Å². The molecule has 3 rings (SSSR count). The summed E-state index contributed by atoms with van der Waals surface area (Å²) < 4.78 is 7.24. The third-order valence-electron chi connectivity index (χ3n) is 6.42. The first-order chi connectivity index (χ1) is 17.8. The van der Waals surface area contributed by atoms with Gasteiger partial charge in [-0.3, -0.25) is 19.1 Å². The van der Waals surface area contributed by atoms with Crippen LogP contribution in [0.3, 0.4) is 0 Å². The van der Waals surface area contributed by atoms with Crippen LogP contribution in [-0.4, -0.2) is 51.7 Å². The Labute approximate surface area is 217 Å². The van der Waals surface area contributed by atoms with Gasteiger partial charge in [0.25, 0.3) is 0 Å². The molecule has 2 N–H and O–H groups in total. The van der Waals surface area contributed by atoms with E-state index in [1.165, 1.54) is 0 Å². The Balaban J connectivity index is 1.83. The van der Waals surface area contributed by atoms with Crippen molar-refractivity contribution in [2.45, 2.75) is 71.6 Å². The molecule has 0 saturated heterocycles. The van der Waals surface area contributed by atoms with Crippen molar-refractivity contribution >= 4 is 24.1 Å². The second-order valence-electron chi connectivity index (χ2n) is 10.0. The lowest BCUT2D eigenvalue weighted by Crippen LogP contribution is -2.44. The molecule has 0 saturated carbocycles. The summed E-state index contributed by atoms with van der Waals surface area (Å²) in [4.78, 5) is 50.2. The van der Waals surface area contributed by atoms with Crippen LogP contribution in [0.1, 0.15) is 57.2 Å². The average molecular weight is 512 g/mol. The van der Waals surface area contributed by atoms with Crippen molar-refractivity contribution < 1.29 is 23.9 Å². The molecule has 1 aliphatic heterocycles. The molecule has 0 fully saturated rings. The van der Waals surface area contributed by atoms with Gasteiger partial charge < -0.3 is 20.2 Å². The first-order valence-corrected chi connectivity index (χ1v) is 12.9. The number of aldehydes is 1. The van der Waals surface area contributed by atoms with Crippen molar-refractivity contribution in [3.63, 3.8) is 0 Å². The van der Waals surface area contributed by atoms with Crippen LogP contribution in [0.4, 0.5) is 0 Å². The maximum atomic E-state index is 13.5. The quantitative estimate of drug-likeness (QED) is 0.430. The summed E-state index contributed by atoms with van der Waals surface area (Å²) >= 11 is 0. The zero-order chi connectivity index (χ0) is 26.6. The SMILES string of the molecule is CC(C)C[C@H]1C(=O)N[C@H](C=O)CCC(=O)NCCCn2cc(nn2)C[C@@H]1CC(=O)OCc1ccccc1. The molecule has 10 heteroatoms. The number of esters is 1. The Morgan fingerprint density at radius 2 is 2.03 bits per heavy atom. The second kappa shape index (κ2) is 14.2. The van der Waals surface area contributed by atoms with Gasteiger partial charge in [0, 0.05) is 38.0 Å². The minimum absolute atomic E-state index is 0.0265. The largest absolute Gasteiger partial charge is 0.461 e. The van der Waals surface area contributed by atoms with E-state index >= 15 is 0 Å². The van der Waals surface area contributed by atoms with Gasteiger partial charge in [0.05, 0.1) is 11.7 Å². The Morgan fingerprint density at radius 1 is 1.24 bits per heavy atom. The number of rotatable bonds is 7. The van der Waals surface area contributed by atoms with Crippen LogP contribution < -0.4 is 10.6 Å². The van der Waals surface area contributed by atoms with Gasteiger partial charge in [-0.15, -0.1) is 5.10 Å². The van der Waals surface area contributed by atoms with Crippen LogP contribution in [0.2, 0.25) is 0 Å². The van der Waals surface area contributed by atoms with Crippen LogP contribution in [-0.2, 0) is 43.5 Å². The van der Waals surface area contributed by atoms with Gasteiger partial charge >= 0.3 is 5.97 Å². The van der Waals surface area contributed by atoms with E-state index in [9.17, 15) is 19.2 Å². The van der Waals surface area contributed by atoms with Crippen LogP contribution >= 0.6 is 0 Å². The Bertz CT molecular complexity index is 1040. The molecule has 2 aromatic rings. The number of benzene rings is 1. The fourth-order valence-corrected chi connectivity index (χ4v) is 4.51. The van der Waals surface area contributed by atoms with Crippen molar-refractivity contribution in [2.75, 3.05) is 6.54 Å². The molecule has 3 atom stereocenters. The number of ether oxygens (including phenoxy) is 1. The van der Waals surface area contributed by atoms with Crippen LogP contribution in [0.15, 0.2) is 36.5 Å². The normalized spacial score (nSPS) is 21.6. The standard InChI is InChI=1S/C27H37N5O5/c1-19(2)13-24-21(15-26(35)37-18-20-7-4-3-5-8-20)14-23-16-32(31-30-23)12-6-11-28-25(34)10-9-22(17-33)29-27(24)36/h3-5,7-8,16-17,19,21-22,24H,6,9-15,18H2,1-2H3,(H,28,34)(H,29,36)/t21-,22+,24-/m1/s1. The summed E-state index contributed by atoms with van der Waals surface area (Å²) in [7, 11) is 0. The smallest absolute Gasteiger partial charge is 0.306 e. The van der Waals surface area contributed by atoms with E-state index in [4.69, 9.17) is 4.74 Å². The number of aryl methyl sites for hydroxylation is 1. The Hall–Kier alpha value is -3.56. The topological polar surface area (TPSA) is 132 Å². The third kappa shape index (κ3) is 9.44. The first-order valence-electron chi connectivity index (χ1n) is 12.9. The predicted octanol–water partition coefficient (Wildman–Crippen LogP) is 2.22. The van der Waals surface area contributed by atoms with Crippen LogP contribution in [0.5, 0.6) is 0 Å². The number of carbonyl (C=O) groups excluding carboxylic acids is 4. The van der Waals surface area contributed by atoms with Gasteiger partial charge in [0.1, 0.15) is 12.9 Å². The maximum absolute atomic E-state index is 13.5. The number of hydrogen-bond donors (Lipinski definition) is 2. The van der Waals surface area contributed by atoms with Gasteiger partial charge in [-0.2, -0.15) is 0 Å². The molecule has 37 heavy (non-hydrogen) atoms. The minimum atomic E-state index is -0.785. The molecule has 2 heterocycles. The molecular formula is C27H37N5O5. The number of amides is 2. The van der Waals surface area contributed by atoms with Gasteiger partial charge in [0.2, 0.25) is 11.8 Å². The lowest BCUT2D eigenvalue weighted by Gasteiger charge is -2.28. The average Bonchev–Trinajstić information content (AvgIpc) is 3.33. The summed E-state index contributed by atoms with van der Waals surface area (Å²) in [5, 5.41) is 14.1. The highest BCUT2D eigenvalue weighted by atomic mass is 16.5. The maximum Gasteiger partial charge on any atom is 0.306 e. The van der Waals surface area contributed by atoms with E-state index in [1.54, 1.807) is 4.68 Å². The molecule has 1 aromatic carbocycles. The van der Waals surface area contributed by atoms with Crippen molar-refractivity contribution in [3.8, 4) is 0 Å². The Kier molecular flexibility index (Phi) is 10.8. The number of nitrogens with one attached hydrogen (secondary N) is 2. The molecule has 0 radical (unpaired) electrons. The monoisotopic (exact) mass is 511 g/mol. The zero-order valence-corrected chi connectivity index (χ0v) is 21.6. The van der Waals surface area contributed by atoms with E-state index in [0.29, 0.717) is 44.3 Å². The van der Waals surface area contributed by atoms with Gasteiger partial charge in [-0.05, 0) is 43.1 Å². The lowest BCUT2D eigenvalue weighted by atomic mass is 9.80. The van der Waals surface area contributed by atoms with Crippen molar-refractivity contribution in [1.29, 1.82) is 0 Å². The lowest BCUT2D eigenvalue weighted by molar-refractivity contribution is -0.147. The minimum Gasteiger partial charge on any atom is -0.461 e. The number of carbonyl (C=O) groups is 4. The van der Waals surface area contributed by atoms with E-state index in [1.807, 2.05) is 50.4 Å². The van der Waals surface area contributed by atoms with Crippen molar-refractivity contribution in [2.24, 2.45) is 17.8 Å². The van der Waals surface area contributed by atoms with Crippen molar-refractivity contribution in [3.05, 3.63) is 47.8 Å². The van der Waals surface area contributed by atoms with Crippen molar-refractivity contribution in [1.82, 2.24) is 25.6 Å². The van der Waals surface area contributed by atoms with Crippen LogP contribution in [0.25, 0.3) is 0 Å². The second-order valence-corrected chi connectivity index (χ2v) is 10.0. The van der Waals surface area contributed by atoms with E-state index in [2.05, 4.69) is 20.9 Å². The van der Waals surface area contributed by atoms with E-state index in [-0.39, 0.29) is 43.6 Å². The number of nitrogens with zero attached hydrogens (tertiary/aromatic N) is 3. The number of aromatic nitrogens is 3. The fourth-order valence-electron chi connectivity index (χ4n) is 4.51. The van der Waals surface area contributed by atoms with Gasteiger partial charge in [-0.25, -0.2) is 0 Å². The van der Waals surface area contributed by atoms with Gasteiger partial charge in [0.15, 0.2) is 0 Å². The summed E-state index contributed by atoms with van der Waals surface area (Å²) in [5.74, 6) is -1.68. The highest BCUT2D eigenvalue weighted by Gasteiger charge is 2.33. The highest BCUT2D eigenvalue weighted by Crippen LogP contribution is 2.28. The van der Waals surface area contributed by atoms with Gasteiger partial charge in [-0.1, -0.05) is 49.4 Å². The summed E-state index contributed by atoms with van der Waals surface area (Å²) in [6, 6.07) is 8.63. The molecule has 1 aromatic heterocycles. The molecule has 200 valence electrons. The van der Waals surface area contributed by atoms with E-state index in [0.717, 1.165) is 5.56 Å². The Morgan fingerprint density at radius 3 is 2.76 bits per heavy atom. The summed E-state index contributed by atoms with van der Waals surface area (Å²) in [5.41, 5.74) is 1.55. The van der Waals surface area contributed by atoms with Crippen LogP contribution in [0, 0.1) is 17.8 Å². The fraction of sp³-hybridized carbons (Fsp3) is 0.556. The molecular weight excluding hydrogens is 474 g/mol. The molecule has 1 aliphatic rings. The first kappa shape index (κ1) is 28.0. The highest BCUT2D eigenvalue weighted by molar-refractivity contribution is 5.83. The molecule has 0 aliphatic carbocycles. The molecule has 10 nitrogen and oxygen atoms in total. The number of hydrogen-bond acceptors (Lipinski definition) is 7. The predicted molar refractivity (Wildman–Crippen MR) is 136 cm³/mol. The molecule has 2 bridgehead atoms.